The number of carbonyl (C=O) groups is 1. The fourth-order valence-electron chi connectivity index (χ4n) is 3.45. The van der Waals surface area contributed by atoms with Crippen LogP contribution in [0.5, 0.6) is 5.75 Å². The van der Waals surface area contributed by atoms with Gasteiger partial charge in [-0.2, -0.15) is 5.10 Å². The zero-order chi connectivity index (χ0) is 22.0. The van der Waals surface area contributed by atoms with Gasteiger partial charge in [0.1, 0.15) is 18.1 Å². The summed E-state index contributed by atoms with van der Waals surface area (Å²) in [6.45, 7) is 5.14. The van der Waals surface area contributed by atoms with Crippen LogP contribution in [0.1, 0.15) is 30.8 Å². The van der Waals surface area contributed by atoms with E-state index in [4.69, 9.17) is 16.3 Å². The van der Waals surface area contributed by atoms with Crippen LogP contribution in [0.3, 0.4) is 0 Å². The van der Waals surface area contributed by atoms with Gasteiger partial charge in [0.25, 0.3) is 0 Å². The maximum absolute atomic E-state index is 14.2. The van der Waals surface area contributed by atoms with Gasteiger partial charge in [0.2, 0.25) is 5.91 Å². The van der Waals surface area contributed by atoms with E-state index >= 15 is 0 Å². The summed E-state index contributed by atoms with van der Waals surface area (Å²) < 4.78 is 34.3. The minimum absolute atomic E-state index is 0.000714. The van der Waals surface area contributed by atoms with E-state index in [9.17, 15) is 18.7 Å². The maximum Gasteiger partial charge on any atom is 0.244 e. The van der Waals surface area contributed by atoms with Gasteiger partial charge in [-0.1, -0.05) is 18.5 Å². The molecular formula is C20H25ClF2N4O3. The molecule has 1 aliphatic heterocycles. The van der Waals surface area contributed by atoms with Crippen molar-refractivity contribution in [2.24, 2.45) is 0 Å². The number of aromatic nitrogens is 2. The molecule has 0 bridgehead atoms. The van der Waals surface area contributed by atoms with E-state index in [0.29, 0.717) is 49.0 Å². The molecule has 0 spiro atoms. The second kappa shape index (κ2) is 9.18. The van der Waals surface area contributed by atoms with E-state index in [1.807, 2.05) is 6.92 Å². The molecule has 30 heavy (non-hydrogen) atoms. The fraction of sp³-hybridized carbons (Fsp3) is 0.500. The third-order valence-corrected chi connectivity index (χ3v) is 5.81. The first-order valence-corrected chi connectivity index (χ1v) is 10.1. The van der Waals surface area contributed by atoms with E-state index in [2.05, 4.69) is 5.10 Å². The number of methoxy groups -OCH3 is 1. The third kappa shape index (κ3) is 4.37. The molecule has 2 heterocycles. The Morgan fingerprint density at radius 3 is 2.53 bits per heavy atom. The average molecular weight is 443 g/mol. The highest BCUT2D eigenvalue weighted by atomic mass is 35.5. The van der Waals surface area contributed by atoms with Gasteiger partial charge in [0.05, 0.1) is 29.6 Å². The molecule has 1 N–H and O–H groups in total. The molecule has 0 saturated carbocycles. The minimum Gasteiger partial charge on any atom is -0.494 e. The summed E-state index contributed by atoms with van der Waals surface area (Å²) in [5.41, 5.74) is 1.23. The highest BCUT2D eigenvalue weighted by molar-refractivity contribution is 6.31. The van der Waals surface area contributed by atoms with Gasteiger partial charge in [-0.3, -0.25) is 9.48 Å². The molecule has 7 nitrogen and oxygen atoms in total. The van der Waals surface area contributed by atoms with Crippen LogP contribution in [-0.2, 0) is 11.3 Å². The maximum atomic E-state index is 14.2. The van der Waals surface area contributed by atoms with Crippen LogP contribution in [0.15, 0.2) is 12.1 Å². The number of nitrogens with zero attached hydrogens (tertiary/aromatic N) is 4. The summed E-state index contributed by atoms with van der Waals surface area (Å²) in [6.07, 6.45) is -0.310. The average Bonchev–Trinajstić information content (AvgIpc) is 3.02. The van der Waals surface area contributed by atoms with Crippen molar-refractivity contribution in [2.75, 3.05) is 38.2 Å². The summed E-state index contributed by atoms with van der Waals surface area (Å²) in [5.74, 6) is -1.60. The second-order valence-corrected chi connectivity index (χ2v) is 7.55. The summed E-state index contributed by atoms with van der Waals surface area (Å²) in [5, 5.41) is 14.7. The monoisotopic (exact) mass is 442 g/mol. The van der Waals surface area contributed by atoms with Gasteiger partial charge in [-0.15, -0.1) is 0 Å². The Morgan fingerprint density at radius 2 is 1.93 bits per heavy atom. The van der Waals surface area contributed by atoms with Gasteiger partial charge in [0.15, 0.2) is 11.6 Å². The number of aliphatic hydroxyl groups excluding tert-OH is 1. The topological polar surface area (TPSA) is 70.8 Å². The van der Waals surface area contributed by atoms with E-state index in [0.717, 1.165) is 6.07 Å². The van der Waals surface area contributed by atoms with Gasteiger partial charge in [-0.05, 0) is 13.3 Å². The molecule has 1 atom stereocenters. The third-order valence-electron chi connectivity index (χ3n) is 5.34. The normalized spacial score (nSPS) is 15.4. The number of hydrogen-bond acceptors (Lipinski definition) is 5. The molecule has 1 unspecified atom stereocenters. The predicted molar refractivity (Wildman–Crippen MR) is 109 cm³/mol. The summed E-state index contributed by atoms with van der Waals surface area (Å²) in [6, 6.07) is 2.13. The van der Waals surface area contributed by atoms with Gasteiger partial charge >= 0.3 is 0 Å². The van der Waals surface area contributed by atoms with Crippen molar-refractivity contribution in [2.45, 2.75) is 32.9 Å². The van der Waals surface area contributed by atoms with Crippen molar-refractivity contribution in [1.82, 2.24) is 14.7 Å². The molecule has 1 fully saturated rings. The SMILES string of the molecule is CCC(O)c1nn(CC(=O)N2CCN(c3cc(OC)c(F)cc3F)CC2)c(C)c1Cl. The molecule has 1 aromatic heterocycles. The Kier molecular flexibility index (Phi) is 6.82. The quantitative estimate of drug-likeness (QED) is 0.744. The fourth-order valence-corrected chi connectivity index (χ4v) is 3.71. The van der Waals surface area contributed by atoms with E-state index in [-0.39, 0.29) is 23.9 Å². The number of anilines is 1. The van der Waals surface area contributed by atoms with Crippen LogP contribution >= 0.6 is 11.6 Å². The van der Waals surface area contributed by atoms with Crippen molar-refractivity contribution in [3.05, 3.63) is 40.2 Å². The van der Waals surface area contributed by atoms with Crippen LogP contribution in [0.2, 0.25) is 5.02 Å². The summed E-state index contributed by atoms with van der Waals surface area (Å²) in [4.78, 5) is 16.2. The molecule has 1 amide bonds. The largest absolute Gasteiger partial charge is 0.494 e. The first-order valence-electron chi connectivity index (χ1n) is 9.73. The van der Waals surface area contributed by atoms with Gasteiger partial charge in [0, 0.05) is 38.3 Å². The Morgan fingerprint density at radius 1 is 1.27 bits per heavy atom. The van der Waals surface area contributed by atoms with Crippen LogP contribution < -0.4 is 9.64 Å². The molecular weight excluding hydrogens is 418 g/mol. The molecule has 0 radical (unpaired) electrons. The van der Waals surface area contributed by atoms with E-state index in [1.165, 1.54) is 17.9 Å². The molecule has 3 rings (SSSR count). The Bertz CT molecular complexity index is 929. The molecule has 164 valence electrons. The zero-order valence-electron chi connectivity index (χ0n) is 17.2. The molecule has 10 heteroatoms. The number of piperazine rings is 1. The molecule has 0 aliphatic carbocycles. The lowest BCUT2D eigenvalue weighted by molar-refractivity contribution is -0.132. The molecule has 1 saturated heterocycles. The number of benzene rings is 1. The predicted octanol–water partition coefficient (Wildman–Crippen LogP) is 2.92. The first kappa shape index (κ1) is 22.3. The summed E-state index contributed by atoms with van der Waals surface area (Å²) in [7, 11) is 1.32. The van der Waals surface area contributed by atoms with E-state index in [1.54, 1.807) is 16.7 Å². The summed E-state index contributed by atoms with van der Waals surface area (Å²) >= 11 is 6.25. The smallest absolute Gasteiger partial charge is 0.244 e. The molecule has 1 aromatic carbocycles. The number of carbonyl (C=O) groups excluding carboxylic acids is 1. The Hall–Kier alpha value is -2.39. The highest BCUT2D eigenvalue weighted by Crippen LogP contribution is 2.29. The standard InChI is InChI=1S/C20H25ClF2N4O3/c1-4-16(28)20-19(21)12(2)27(24-20)11-18(29)26-7-5-25(6-8-26)15-10-17(30-3)14(23)9-13(15)22/h9-10,16,28H,4-8,11H2,1-3H3. The highest BCUT2D eigenvalue weighted by Gasteiger charge is 2.26. The van der Waals surface area contributed by atoms with Crippen molar-refractivity contribution in [1.29, 1.82) is 0 Å². The zero-order valence-corrected chi connectivity index (χ0v) is 17.9. The lowest BCUT2D eigenvalue weighted by Gasteiger charge is -2.36. The van der Waals surface area contributed by atoms with Crippen molar-refractivity contribution >= 4 is 23.2 Å². The van der Waals surface area contributed by atoms with Crippen molar-refractivity contribution in [3.63, 3.8) is 0 Å². The van der Waals surface area contributed by atoms with Gasteiger partial charge in [-0.25, -0.2) is 8.78 Å². The molecule has 2 aromatic rings. The van der Waals surface area contributed by atoms with Crippen molar-refractivity contribution < 1.29 is 23.4 Å². The minimum atomic E-state index is -0.779. The lowest BCUT2D eigenvalue weighted by Crippen LogP contribution is -2.50. The van der Waals surface area contributed by atoms with Crippen LogP contribution in [0.25, 0.3) is 0 Å². The van der Waals surface area contributed by atoms with Crippen LogP contribution in [0, 0.1) is 18.6 Å². The number of hydrogen-bond donors (Lipinski definition) is 1. The number of halogens is 3. The Balaban J connectivity index is 1.65. The Labute approximate surface area is 178 Å². The van der Waals surface area contributed by atoms with E-state index < -0.39 is 17.7 Å². The number of aliphatic hydroxyl groups is 1. The number of rotatable bonds is 6. The van der Waals surface area contributed by atoms with Crippen molar-refractivity contribution in [3.8, 4) is 5.75 Å². The lowest BCUT2D eigenvalue weighted by atomic mass is 10.2. The van der Waals surface area contributed by atoms with Gasteiger partial charge < -0.3 is 19.6 Å². The first-order chi connectivity index (χ1) is 14.3. The van der Waals surface area contributed by atoms with Crippen LogP contribution in [0.4, 0.5) is 14.5 Å². The van der Waals surface area contributed by atoms with Crippen LogP contribution in [-0.4, -0.2) is 59.0 Å². The molecule has 1 aliphatic rings. The number of amides is 1. The second-order valence-electron chi connectivity index (χ2n) is 7.17. The number of ether oxygens (including phenoxy) is 1.